The van der Waals surface area contributed by atoms with Gasteiger partial charge in [0.15, 0.2) is 0 Å². The van der Waals surface area contributed by atoms with Crippen molar-refractivity contribution >= 4 is 0 Å². The lowest BCUT2D eigenvalue weighted by Crippen LogP contribution is -2.52. The van der Waals surface area contributed by atoms with Gasteiger partial charge in [-0.15, -0.1) is 0 Å². The molecule has 4 rings (SSSR count). The van der Waals surface area contributed by atoms with Crippen LogP contribution in [0.25, 0.3) is 0 Å². The normalized spacial score (nSPS) is 25.3. The Morgan fingerprint density at radius 3 is 2.43 bits per heavy atom. The fourth-order valence-corrected chi connectivity index (χ4v) is 6.47. The summed E-state index contributed by atoms with van der Waals surface area (Å²) in [6.07, 6.45) is 6.49. The van der Waals surface area contributed by atoms with E-state index in [0.717, 1.165) is 57.6 Å². The number of piperidine rings is 2. The molecule has 0 saturated carbocycles. The van der Waals surface area contributed by atoms with Gasteiger partial charge in [0.1, 0.15) is 0 Å². The first-order chi connectivity index (χ1) is 16.7. The highest BCUT2D eigenvalue weighted by atomic mass is 19.3. The van der Waals surface area contributed by atoms with Crippen molar-refractivity contribution < 1.29 is 8.78 Å². The second-order valence-corrected chi connectivity index (χ2v) is 11.5. The lowest BCUT2D eigenvalue weighted by atomic mass is 9.68. The number of alkyl halides is 2. The number of hydrogen-bond acceptors (Lipinski definition) is 3. The number of benzene rings is 1. The van der Waals surface area contributed by atoms with Crippen LogP contribution in [0.3, 0.4) is 0 Å². The lowest BCUT2D eigenvalue weighted by molar-refractivity contribution is -0.00552. The Kier molecular flexibility index (Phi) is 8.05. The molecule has 1 aromatic rings. The molecule has 0 aromatic heterocycles. The van der Waals surface area contributed by atoms with Crippen LogP contribution in [0.15, 0.2) is 66.0 Å². The molecule has 3 aliphatic heterocycles. The van der Waals surface area contributed by atoms with Gasteiger partial charge in [-0.25, -0.2) is 8.78 Å². The van der Waals surface area contributed by atoms with Crippen LogP contribution in [0.5, 0.6) is 0 Å². The van der Waals surface area contributed by atoms with Gasteiger partial charge in [-0.2, -0.15) is 0 Å². The minimum atomic E-state index is -2.29. The number of halogens is 2. The molecule has 3 heterocycles. The predicted octanol–water partition coefficient (Wildman–Crippen LogP) is 6.53. The van der Waals surface area contributed by atoms with Crippen molar-refractivity contribution in [3.63, 3.8) is 0 Å². The summed E-state index contributed by atoms with van der Waals surface area (Å²) in [6, 6.07) is 10.9. The molecule has 0 aliphatic carbocycles. The Morgan fingerprint density at radius 1 is 1.11 bits per heavy atom. The summed E-state index contributed by atoms with van der Waals surface area (Å²) in [5, 5.41) is 0. The molecule has 2 atom stereocenters. The van der Waals surface area contributed by atoms with Crippen molar-refractivity contribution in [1.29, 1.82) is 0 Å². The number of hydrogen-bond donors (Lipinski definition) is 0. The summed E-state index contributed by atoms with van der Waals surface area (Å²) in [5.74, 6) is 0.962. The summed E-state index contributed by atoms with van der Waals surface area (Å²) in [5.41, 5.74) is 5.14. The highest BCUT2D eigenvalue weighted by Gasteiger charge is 2.43. The summed E-state index contributed by atoms with van der Waals surface area (Å²) in [4.78, 5) is 6.81. The van der Waals surface area contributed by atoms with E-state index in [-0.39, 0.29) is 12.0 Å². The number of nitrogens with zero attached hydrogens (tertiary/aromatic N) is 3. The molecule has 1 spiro atoms. The van der Waals surface area contributed by atoms with Crippen LogP contribution in [0.2, 0.25) is 0 Å². The van der Waals surface area contributed by atoms with Crippen molar-refractivity contribution in [2.75, 3.05) is 39.8 Å². The number of allylic oxidation sites excluding steroid dienone is 2. The summed E-state index contributed by atoms with van der Waals surface area (Å²) >= 11 is 0. The molecule has 35 heavy (non-hydrogen) atoms. The Bertz CT molecular complexity index is 928. The molecule has 5 heteroatoms. The molecule has 3 aliphatic rings. The van der Waals surface area contributed by atoms with E-state index in [0.29, 0.717) is 17.9 Å². The molecular formula is C30H43F2N3. The maximum absolute atomic E-state index is 13.4. The highest BCUT2D eigenvalue weighted by molar-refractivity contribution is 5.37. The third-order valence-corrected chi connectivity index (χ3v) is 8.48. The standard InChI is InChI=1S/C30H43F2N3/c1-22(2)17-26-11-12-28(33(5)23(26)3)24(4)35-15-13-30(14-16-35)18-27(25-9-7-6-8-10-25)19-34(21-30)20-29(31)32/h6-12,22-23,27,29H,4,13-21H2,1-3,5H3. The summed E-state index contributed by atoms with van der Waals surface area (Å²) in [6.45, 7) is 14.6. The quantitative estimate of drug-likeness (QED) is 0.437. The van der Waals surface area contributed by atoms with E-state index >= 15 is 0 Å². The Labute approximate surface area is 211 Å². The molecule has 1 aromatic carbocycles. The summed E-state index contributed by atoms with van der Waals surface area (Å²) in [7, 11) is 2.17. The van der Waals surface area contributed by atoms with Gasteiger partial charge in [-0.05, 0) is 67.1 Å². The Morgan fingerprint density at radius 2 is 1.80 bits per heavy atom. The van der Waals surface area contributed by atoms with Crippen molar-refractivity contribution in [3.8, 4) is 0 Å². The second kappa shape index (κ2) is 10.9. The highest BCUT2D eigenvalue weighted by Crippen LogP contribution is 2.46. The van der Waals surface area contributed by atoms with Gasteiger partial charge in [0.25, 0.3) is 6.43 Å². The van der Waals surface area contributed by atoms with Crippen LogP contribution in [0.4, 0.5) is 8.78 Å². The molecule has 0 radical (unpaired) electrons. The van der Waals surface area contributed by atoms with Gasteiger partial charge in [-0.3, -0.25) is 4.90 Å². The van der Waals surface area contributed by atoms with E-state index < -0.39 is 6.43 Å². The fraction of sp³-hybridized carbons (Fsp3) is 0.600. The number of rotatable bonds is 7. The molecule has 2 fully saturated rings. The van der Waals surface area contributed by atoms with Crippen LogP contribution >= 0.6 is 0 Å². The first kappa shape index (κ1) is 25.9. The van der Waals surface area contributed by atoms with E-state index in [9.17, 15) is 8.78 Å². The largest absolute Gasteiger partial charge is 0.370 e. The maximum atomic E-state index is 13.4. The molecule has 2 saturated heterocycles. The first-order valence-corrected chi connectivity index (χ1v) is 13.3. The third-order valence-electron chi connectivity index (χ3n) is 8.48. The van der Waals surface area contributed by atoms with Gasteiger partial charge in [0.05, 0.1) is 17.9 Å². The van der Waals surface area contributed by atoms with Crippen molar-refractivity contribution in [1.82, 2.24) is 14.7 Å². The minimum absolute atomic E-state index is 0.0922. The van der Waals surface area contributed by atoms with E-state index in [1.54, 1.807) is 0 Å². The van der Waals surface area contributed by atoms with Crippen LogP contribution in [0, 0.1) is 11.3 Å². The first-order valence-electron chi connectivity index (χ1n) is 13.3. The zero-order valence-electron chi connectivity index (χ0n) is 22.0. The zero-order valence-corrected chi connectivity index (χ0v) is 22.0. The molecular weight excluding hydrogens is 440 g/mol. The average Bonchev–Trinajstić information content (AvgIpc) is 2.82. The monoisotopic (exact) mass is 483 g/mol. The van der Waals surface area contributed by atoms with Crippen LogP contribution in [0.1, 0.15) is 57.9 Å². The molecule has 2 unspecified atom stereocenters. The second-order valence-electron chi connectivity index (χ2n) is 11.5. The Hall–Kier alpha value is -2.14. The molecule has 0 bridgehead atoms. The zero-order chi connectivity index (χ0) is 25.2. The molecule has 192 valence electrons. The van der Waals surface area contributed by atoms with E-state index in [1.165, 1.54) is 16.8 Å². The van der Waals surface area contributed by atoms with Gasteiger partial charge < -0.3 is 9.80 Å². The van der Waals surface area contributed by atoms with E-state index in [1.807, 2.05) is 11.0 Å². The molecule has 0 N–H and O–H groups in total. The van der Waals surface area contributed by atoms with Crippen molar-refractivity contribution in [2.45, 2.75) is 64.8 Å². The minimum Gasteiger partial charge on any atom is -0.370 e. The maximum Gasteiger partial charge on any atom is 0.251 e. The number of likely N-dealkylation sites (N-methyl/N-ethyl adjacent to an activating group) is 1. The topological polar surface area (TPSA) is 9.72 Å². The summed E-state index contributed by atoms with van der Waals surface area (Å²) < 4.78 is 26.7. The van der Waals surface area contributed by atoms with Gasteiger partial charge >= 0.3 is 0 Å². The van der Waals surface area contributed by atoms with Gasteiger partial charge in [0, 0.05) is 39.3 Å². The third kappa shape index (κ3) is 5.99. The molecule has 0 amide bonds. The number of likely N-dealkylation sites (tertiary alicyclic amines) is 2. The van der Waals surface area contributed by atoms with Crippen LogP contribution in [-0.2, 0) is 0 Å². The SMILES string of the molecule is C=C(C1=CC=C(CC(C)C)C(C)N1C)N1CCC2(CC1)CC(c1ccccc1)CN(CC(F)F)C2. The van der Waals surface area contributed by atoms with E-state index in [4.69, 9.17) is 0 Å². The predicted molar refractivity (Wildman–Crippen MR) is 141 cm³/mol. The Balaban J connectivity index is 1.45. The lowest BCUT2D eigenvalue weighted by Gasteiger charge is -2.51. The molecule has 3 nitrogen and oxygen atoms in total. The average molecular weight is 484 g/mol. The van der Waals surface area contributed by atoms with Crippen molar-refractivity contribution in [3.05, 3.63) is 71.6 Å². The van der Waals surface area contributed by atoms with Gasteiger partial charge in [-0.1, -0.05) is 56.8 Å². The van der Waals surface area contributed by atoms with Crippen LogP contribution < -0.4 is 0 Å². The van der Waals surface area contributed by atoms with E-state index in [2.05, 4.69) is 80.6 Å². The fourth-order valence-electron chi connectivity index (χ4n) is 6.47. The van der Waals surface area contributed by atoms with Gasteiger partial charge in [0.2, 0.25) is 0 Å². The van der Waals surface area contributed by atoms with Crippen LogP contribution in [-0.4, -0.2) is 66.9 Å². The van der Waals surface area contributed by atoms with Crippen molar-refractivity contribution in [2.24, 2.45) is 11.3 Å². The smallest absolute Gasteiger partial charge is 0.251 e.